The van der Waals surface area contributed by atoms with Crippen LogP contribution in [-0.4, -0.2) is 47.3 Å². The summed E-state index contributed by atoms with van der Waals surface area (Å²) in [7, 11) is 0. The number of ether oxygens (including phenoxy) is 1. The van der Waals surface area contributed by atoms with Crippen LogP contribution in [0.5, 0.6) is 0 Å². The van der Waals surface area contributed by atoms with Crippen LogP contribution in [0.2, 0.25) is 0 Å². The first-order valence-corrected chi connectivity index (χ1v) is 9.02. The Balaban J connectivity index is 0.00000182. The average molecular weight is 364 g/mol. The van der Waals surface area contributed by atoms with E-state index in [1.807, 2.05) is 24.4 Å². The van der Waals surface area contributed by atoms with E-state index < -0.39 is 0 Å². The number of hydrogen-bond donors (Lipinski definition) is 0. The molecule has 6 heteroatoms. The van der Waals surface area contributed by atoms with Gasteiger partial charge in [0.05, 0.1) is 31.6 Å². The highest BCUT2D eigenvalue weighted by Crippen LogP contribution is 2.35. The van der Waals surface area contributed by atoms with E-state index in [1.165, 1.54) is 24.1 Å². The molecule has 0 N–H and O–H groups in total. The summed E-state index contributed by atoms with van der Waals surface area (Å²) in [5.41, 5.74) is 3.81. The maximum atomic E-state index is 12.7. The minimum Gasteiger partial charge on any atom is -0.633 e. The highest BCUT2D eigenvalue weighted by atomic mass is 35.5. The fraction of sp³-hybridized carbons (Fsp3) is 0.526. The largest absolute Gasteiger partial charge is 0.633 e. The Bertz CT molecular complexity index is 683. The van der Waals surface area contributed by atoms with Crippen LogP contribution in [0.1, 0.15) is 36.4 Å². The fourth-order valence-corrected chi connectivity index (χ4v) is 4.03. The van der Waals surface area contributed by atoms with E-state index in [0.29, 0.717) is 38.8 Å². The van der Waals surface area contributed by atoms with Crippen molar-refractivity contribution < 1.29 is 9.38 Å². The Morgan fingerprint density at radius 2 is 1.96 bits per heavy atom. The zero-order chi connectivity index (χ0) is 16.4. The summed E-state index contributed by atoms with van der Waals surface area (Å²) in [4.78, 5) is 0. The number of nitrogens with zero attached hydrogens (tertiary/aromatic N) is 3. The number of hydroxylamine groups is 3. The summed E-state index contributed by atoms with van der Waals surface area (Å²) < 4.78 is 7.33. The Morgan fingerprint density at radius 1 is 1.20 bits per heavy atom. The summed E-state index contributed by atoms with van der Waals surface area (Å²) in [6.07, 6.45) is 6.41. The highest BCUT2D eigenvalue weighted by molar-refractivity contribution is 5.85. The number of quaternary nitrogens is 1. The molecule has 0 spiro atoms. The van der Waals surface area contributed by atoms with Gasteiger partial charge in [-0.3, -0.25) is 0 Å². The minimum atomic E-state index is -0.0847. The lowest BCUT2D eigenvalue weighted by atomic mass is 9.84. The van der Waals surface area contributed by atoms with Gasteiger partial charge in [0.25, 0.3) is 0 Å². The quantitative estimate of drug-likeness (QED) is 0.617. The van der Waals surface area contributed by atoms with Crippen molar-refractivity contribution in [3.05, 3.63) is 53.0 Å². The van der Waals surface area contributed by atoms with Crippen molar-refractivity contribution in [1.29, 1.82) is 0 Å². The molecule has 1 saturated heterocycles. The molecule has 1 aromatic heterocycles. The third-order valence-corrected chi connectivity index (χ3v) is 5.48. The molecule has 1 aliphatic heterocycles. The molecule has 0 amide bonds. The number of rotatable bonds is 4. The molecule has 1 aromatic carbocycles. The first-order chi connectivity index (χ1) is 11.8. The number of halogens is 1. The molecule has 2 aliphatic rings. The number of aromatic nitrogens is 2. The predicted octanol–water partition coefficient (Wildman–Crippen LogP) is 3.45. The lowest BCUT2D eigenvalue weighted by Gasteiger charge is -2.46. The van der Waals surface area contributed by atoms with Gasteiger partial charge in [-0.15, -0.1) is 12.4 Å². The summed E-state index contributed by atoms with van der Waals surface area (Å²) in [5, 5.41) is 17.4. The second kappa shape index (κ2) is 7.87. The van der Waals surface area contributed by atoms with Crippen LogP contribution in [0.3, 0.4) is 0 Å². The van der Waals surface area contributed by atoms with E-state index in [2.05, 4.69) is 21.9 Å². The van der Waals surface area contributed by atoms with Crippen LogP contribution in [0.15, 0.2) is 36.5 Å². The van der Waals surface area contributed by atoms with Crippen molar-refractivity contribution in [2.75, 3.05) is 32.8 Å². The van der Waals surface area contributed by atoms with Crippen molar-refractivity contribution in [2.45, 2.75) is 31.6 Å². The number of morpholine rings is 1. The maximum Gasteiger partial charge on any atom is 0.102 e. The predicted molar refractivity (Wildman–Crippen MR) is 100 cm³/mol. The Hall–Kier alpha value is -1.40. The molecule has 5 nitrogen and oxygen atoms in total. The number of hydrogen-bond acceptors (Lipinski definition) is 3. The van der Waals surface area contributed by atoms with Gasteiger partial charge < -0.3 is 14.6 Å². The van der Waals surface area contributed by atoms with Crippen LogP contribution >= 0.6 is 12.4 Å². The third-order valence-electron chi connectivity index (χ3n) is 5.48. The topological polar surface area (TPSA) is 50.1 Å². The SMILES string of the molecule is Cl.[O-][N+]1(CCC2CCCc3c2cnn3-c2ccccc2)CCOCC1. The van der Waals surface area contributed by atoms with Crippen LogP contribution < -0.4 is 0 Å². The van der Waals surface area contributed by atoms with Crippen LogP contribution in [-0.2, 0) is 11.2 Å². The molecule has 136 valence electrons. The van der Waals surface area contributed by atoms with Gasteiger partial charge in [0.2, 0.25) is 0 Å². The molecule has 2 aromatic rings. The minimum absolute atomic E-state index is 0. The molecule has 1 aliphatic carbocycles. The normalized spacial score (nSPS) is 22.0. The second-order valence-corrected chi connectivity index (χ2v) is 7.01. The fourth-order valence-electron chi connectivity index (χ4n) is 4.03. The van der Waals surface area contributed by atoms with Crippen molar-refractivity contribution in [2.24, 2.45) is 0 Å². The first kappa shape index (κ1) is 18.4. The lowest BCUT2D eigenvalue weighted by molar-refractivity contribution is -0.889. The zero-order valence-electron chi connectivity index (χ0n) is 14.5. The van der Waals surface area contributed by atoms with Crippen LogP contribution in [0, 0.1) is 5.21 Å². The van der Waals surface area contributed by atoms with Gasteiger partial charge in [0.1, 0.15) is 13.1 Å². The first-order valence-electron chi connectivity index (χ1n) is 9.02. The molecule has 1 atom stereocenters. The van der Waals surface area contributed by atoms with Gasteiger partial charge in [-0.25, -0.2) is 4.68 Å². The monoisotopic (exact) mass is 363 g/mol. The number of fused-ring (bicyclic) bond motifs is 1. The van der Waals surface area contributed by atoms with Gasteiger partial charge in [-0.1, -0.05) is 18.2 Å². The zero-order valence-corrected chi connectivity index (χ0v) is 15.3. The van der Waals surface area contributed by atoms with E-state index in [1.54, 1.807) is 0 Å². The van der Waals surface area contributed by atoms with E-state index in [-0.39, 0.29) is 17.1 Å². The molecular weight excluding hydrogens is 338 g/mol. The van der Waals surface area contributed by atoms with E-state index in [4.69, 9.17) is 4.74 Å². The van der Waals surface area contributed by atoms with Crippen LogP contribution in [0.4, 0.5) is 0 Å². The van der Waals surface area contributed by atoms with Gasteiger partial charge in [0.15, 0.2) is 0 Å². The highest BCUT2D eigenvalue weighted by Gasteiger charge is 2.28. The molecule has 0 radical (unpaired) electrons. The molecule has 1 unspecified atom stereocenters. The van der Waals surface area contributed by atoms with E-state index in [9.17, 15) is 5.21 Å². The molecule has 25 heavy (non-hydrogen) atoms. The Kier molecular flexibility index (Phi) is 5.79. The molecule has 1 fully saturated rings. The third kappa shape index (κ3) is 3.90. The summed E-state index contributed by atoms with van der Waals surface area (Å²) in [6, 6.07) is 10.3. The molecule has 2 heterocycles. The standard InChI is InChI=1S/C19H25N3O2.ClH/c23-22(11-13-24-14-12-22)10-9-16-5-4-8-19-18(16)15-20-21(19)17-6-2-1-3-7-17;/h1-3,6-7,15-16H,4-5,8-14H2;1H. The van der Waals surface area contributed by atoms with Gasteiger partial charge in [-0.05, 0) is 42.9 Å². The molecule has 0 saturated carbocycles. The van der Waals surface area contributed by atoms with E-state index >= 15 is 0 Å². The van der Waals surface area contributed by atoms with E-state index in [0.717, 1.165) is 18.5 Å². The second-order valence-electron chi connectivity index (χ2n) is 7.01. The number of benzene rings is 1. The van der Waals surface area contributed by atoms with Gasteiger partial charge in [0, 0.05) is 12.1 Å². The maximum absolute atomic E-state index is 12.7. The summed E-state index contributed by atoms with van der Waals surface area (Å²) in [5.74, 6) is 0.470. The smallest absolute Gasteiger partial charge is 0.102 e. The van der Waals surface area contributed by atoms with Gasteiger partial charge in [-0.2, -0.15) is 5.10 Å². The average Bonchev–Trinajstić information content (AvgIpc) is 3.06. The lowest BCUT2D eigenvalue weighted by Crippen LogP contribution is -2.51. The van der Waals surface area contributed by atoms with Crippen molar-refractivity contribution >= 4 is 12.4 Å². The van der Waals surface area contributed by atoms with Crippen LogP contribution in [0.25, 0.3) is 5.69 Å². The van der Waals surface area contributed by atoms with Gasteiger partial charge >= 0.3 is 0 Å². The number of para-hydroxylation sites is 1. The summed E-state index contributed by atoms with van der Waals surface area (Å²) >= 11 is 0. The molecule has 0 bridgehead atoms. The van der Waals surface area contributed by atoms with Crippen molar-refractivity contribution in [1.82, 2.24) is 9.78 Å². The summed E-state index contributed by atoms with van der Waals surface area (Å²) in [6.45, 7) is 3.10. The molecule has 4 rings (SSSR count). The van der Waals surface area contributed by atoms with Crippen molar-refractivity contribution in [3.63, 3.8) is 0 Å². The van der Waals surface area contributed by atoms with Crippen molar-refractivity contribution in [3.8, 4) is 5.69 Å². The molecular formula is C19H26ClN3O2. The Morgan fingerprint density at radius 3 is 2.72 bits per heavy atom. The Labute approximate surface area is 155 Å².